The van der Waals surface area contributed by atoms with Crippen molar-refractivity contribution in [3.8, 4) is 0 Å². The molecular weight excluding hydrogens is 264 g/mol. The second-order valence-corrected chi connectivity index (χ2v) is 5.74. The number of carboxylic acid groups (broad SMARTS) is 1. The van der Waals surface area contributed by atoms with E-state index in [4.69, 9.17) is 0 Å². The van der Waals surface area contributed by atoms with Crippen LogP contribution in [0.3, 0.4) is 0 Å². The van der Waals surface area contributed by atoms with E-state index < -0.39 is 12.0 Å². The summed E-state index contributed by atoms with van der Waals surface area (Å²) in [6, 6.07) is 7.85. The number of nitrogens with one attached hydrogen (secondary N) is 1. The van der Waals surface area contributed by atoms with Crippen molar-refractivity contribution in [2.75, 3.05) is 18.0 Å². The average molecular weight is 292 g/mol. The average Bonchev–Trinajstić information content (AvgIpc) is 2.45. The second-order valence-electron chi connectivity index (χ2n) is 5.74. The van der Waals surface area contributed by atoms with Gasteiger partial charge in [0.15, 0.2) is 0 Å². The maximum atomic E-state index is 11.2. The predicted octanol–water partition coefficient (Wildman–Crippen LogP) is 3.12. The van der Waals surface area contributed by atoms with Crippen LogP contribution in [0.4, 0.5) is 5.69 Å². The molecule has 0 heterocycles. The van der Waals surface area contributed by atoms with Crippen molar-refractivity contribution in [3.05, 3.63) is 29.8 Å². The topological polar surface area (TPSA) is 52.6 Å². The molecule has 0 unspecified atom stereocenters. The minimum absolute atomic E-state index is 0.364. The molecule has 4 heteroatoms. The van der Waals surface area contributed by atoms with E-state index in [1.54, 1.807) is 0 Å². The van der Waals surface area contributed by atoms with E-state index in [1.165, 1.54) is 5.69 Å². The van der Waals surface area contributed by atoms with Crippen LogP contribution in [0.15, 0.2) is 24.3 Å². The maximum absolute atomic E-state index is 11.2. The van der Waals surface area contributed by atoms with Crippen molar-refractivity contribution in [1.82, 2.24) is 5.32 Å². The Hall–Kier alpha value is -1.55. The molecule has 2 N–H and O–H groups in total. The van der Waals surface area contributed by atoms with Crippen LogP contribution in [0, 0.1) is 5.92 Å². The second kappa shape index (κ2) is 8.67. The van der Waals surface area contributed by atoms with Crippen LogP contribution in [0.1, 0.15) is 39.7 Å². The first kappa shape index (κ1) is 17.5. The Morgan fingerprint density at radius 1 is 1.19 bits per heavy atom. The Balaban J connectivity index is 2.60. The number of hydrogen-bond acceptors (Lipinski definition) is 3. The molecule has 0 saturated heterocycles. The Morgan fingerprint density at radius 3 is 2.19 bits per heavy atom. The third-order valence-electron chi connectivity index (χ3n) is 3.62. The van der Waals surface area contributed by atoms with Crippen LogP contribution in [0.5, 0.6) is 0 Å². The quantitative estimate of drug-likeness (QED) is 0.734. The lowest BCUT2D eigenvalue weighted by Gasteiger charge is -2.21. The van der Waals surface area contributed by atoms with Gasteiger partial charge in [-0.3, -0.25) is 4.79 Å². The van der Waals surface area contributed by atoms with Crippen molar-refractivity contribution < 1.29 is 9.90 Å². The van der Waals surface area contributed by atoms with E-state index in [0.717, 1.165) is 18.7 Å². The molecule has 118 valence electrons. The number of carbonyl (C=O) groups is 1. The molecule has 0 aromatic heterocycles. The summed E-state index contributed by atoms with van der Waals surface area (Å²) < 4.78 is 0. The van der Waals surface area contributed by atoms with Gasteiger partial charge in [-0.15, -0.1) is 0 Å². The van der Waals surface area contributed by atoms with Crippen LogP contribution < -0.4 is 10.2 Å². The molecule has 0 bridgehead atoms. The molecule has 1 rings (SSSR count). The van der Waals surface area contributed by atoms with Crippen molar-refractivity contribution in [1.29, 1.82) is 0 Å². The lowest BCUT2D eigenvalue weighted by atomic mass is 10.0. The summed E-state index contributed by atoms with van der Waals surface area (Å²) in [4.78, 5) is 13.5. The summed E-state index contributed by atoms with van der Waals surface area (Å²) >= 11 is 0. The molecule has 21 heavy (non-hydrogen) atoms. The summed E-state index contributed by atoms with van der Waals surface area (Å²) in [5, 5.41) is 12.3. The Kier molecular flexibility index (Phi) is 7.23. The highest BCUT2D eigenvalue weighted by Crippen LogP contribution is 2.15. The highest BCUT2D eigenvalue weighted by atomic mass is 16.4. The fourth-order valence-corrected chi connectivity index (χ4v) is 2.40. The van der Waals surface area contributed by atoms with Crippen molar-refractivity contribution in [3.63, 3.8) is 0 Å². The Bertz CT molecular complexity index is 425. The zero-order valence-electron chi connectivity index (χ0n) is 13.6. The first-order valence-electron chi connectivity index (χ1n) is 7.78. The molecule has 0 saturated carbocycles. The maximum Gasteiger partial charge on any atom is 0.320 e. The largest absolute Gasteiger partial charge is 0.480 e. The van der Waals surface area contributed by atoms with Gasteiger partial charge in [0.2, 0.25) is 0 Å². The highest BCUT2D eigenvalue weighted by molar-refractivity contribution is 5.73. The van der Waals surface area contributed by atoms with E-state index in [9.17, 15) is 9.90 Å². The normalized spacial score (nSPS) is 12.4. The smallest absolute Gasteiger partial charge is 0.320 e. The van der Waals surface area contributed by atoms with Crippen LogP contribution >= 0.6 is 0 Å². The van der Waals surface area contributed by atoms with Gasteiger partial charge >= 0.3 is 5.97 Å². The fraction of sp³-hybridized carbons (Fsp3) is 0.588. The van der Waals surface area contributed by atoms with Crippen LogP contribution in [0.2, 0.25) is 0 Å². The van der Waals surface area contributed by atoms with Gasteiger partial charge in [0, 0.05) is 25.3 Å². The summed E-state index contributed by atoms with van der Waals surface area (Å²) in [6.07, 6.45) is 0.646. The van der Waals surface area contributed by atoms with Crippen LogP contribution in [0.25, 0.3) is 0 Å². The summed E-state index contributed by atoms with van der Waals surface area (Å²) in [7, 11) is 0. The van der Waals surface area contributed by atoms with Gasteiger partial charge in [0.05, 0.1) is 0 Å². The summed E-state index contributed by atoms with van der Waals surface area (Å²) in [5.41, 5.74) is 2.32. The van der Waals surface area contributed by atoms with E-state index in [-0.39, 0.29) is 0 Å². The molecule has 1 atom stereocenters. The Labute approximate surface area is 128 Å². The van der Waals surface area contributed by atoms with Crippen LogP contribution in [-0.2, 0) is 11.3 Å². The van der Waals surface area contributed by atoms with Gasteiger partial charge in [-0.1, -0.05) is 26.0 Å². The van der Waals surface area contributed by atoms with Crippen LogP contribution in [-0.4, -0.2) is 30.2 Å². The lowest BCUT2D eigenvalue weighted by Crippen LogP contribution is -2.37. The van der Waals surface area contributed by atoms with Gasteiger partial charge in [0.1, 0.15) is 6.04 Å². The standard InChI is InChI=1S/C17H28N2O2/c1-5-19(6-2)15-9-7-14(8-10-15)12-18-16(17(20)21)11-13(3)4/h7-10,13,16,18H,5-6,11-12H2,1-4H3,(H,20,21)/t16-/m1/s1. The number of carboxylic acids is 1. The van der Waals surface area contributed by atoms with E-state index in [2.05, 4.69) is 48.3 Å². The van der Waals surface area contributed by atoms with E-state index in [1.807, 2.05) is 13.8 Å². The molecule has 1 aromatic rings. The zero-order chi connectivity index (χ0) is 15.8. The van der Waals surface area contributed by atoms with Gasteiger partial charge in [0.25, 0.3) is 0 Å². The molecule has 4 nitrogen and oxygen atoms in total. The fourth-order valence-electron chi connectivity index (χ4n) is 2.40. The molecule has 0 amide bonds. The third-order valence-corrected chi connectivity index (χ3v) is 3.62. The molecule has 0 aliphatic heterocycles. The van der Waals surface area contributed by atoms with Gasteiger partial charge in [-0.2, -0.15) is 0 Å². The Morgan fingerprint density at radius 2 is 1.76 bits per heavy atom. The number of rotatable bonds is 9. The number of benzene rings is 1. The van der Waals surface area contributed by atoms with Crippen molar-refractivity contribution in [2.45, 2.75) is 46.7 Å². The molecule has 0 radical (unpaired) electrons. The summed E-state index contributed by atoms with van der Waals surface area (Å²) in [5.74, 6) is -0.410. The first-order valence-corrected chi connectivity index (χ1v) is 7.78. The monoisotopic (exact) mass is 292 g/mol. The number of hydrogen-bond donors (Lipinski definition) is 2. The predicted molar refractivity (Wildman–Crippen MR) is 87.7 cm³/mol. The lowest BCUT2D eigenvalue weighted by molar-refractivity contribution is -0.140. The minimum Gasteiger partial charge on any atom is -0.480 e. The number of nitrogens with zero attached hydrogens (tertiary/aromatic N) is 1. The number of anilines is 1. The van der Waals surface area contributed by atoms with Crippen molar-refractivity contribution in [2.24, 2.45) is 5.92 Å². The molecule has 0 fully saturated rings. The van der Waals surface area contributed by atoms with Gasteiger partial charge in [-0.05, 0) is 43.9 Å². The number of aliphatic carboxylic acids is 1. The summed E-state index contributed by atoms with van der Waals surface area (Å²) in [6.45, 7) is 10.9. The molecule has 1 aromatic carbocycles. The van der Waals surface area contributed by atoms with Crippen molar-refractivity contribution >= 4 is 11.7 Å². The minimum atomic E-state index is -0.775. The van der Waals surface area contributed by atoms with E-state index >= 15 is 0 Å². The SMILES string of the molecule is CCN(CC)c1ccc(CN[C@H](CC(C)C)C(=O)O)cc1. The molecular formula is C17H28N2O2. The molecule has 0 aliphatic carbocycles. The molecule has 0 spiro atoms. The first-order chi connectivity index (χ1) is 9.97. The third kappa shape index (κ3) is 5.76. The highest BCUT2D eigenvalue weighted by Gasteiger charge is 2.17. The van der Waals surface area contributed by atoms with E-state index in [0.29, 0.717) is 18.9 Å². The molecule has 0 aliphatic rings. The van der Waals surface area contributed by atoms with Gasteiger partial charge < -0.3 is 15.3 Å². The zero-order valence-corrected chi connectivity index (χ0v) is 13.6. The van der Waals surface area contributed by atoms with Gasteiger partial charge in [-0.25, -0.2) is 0 Å².